The highest BCUT2D eigenvalue weighted by Gasteiger charge is 2.17. The quantitative estimate of drug-likeness (QED) is 0.414. The summed E-state index contributed by atoms with van der Waals surface area (Å²) < 4.78 is 1.96. The van der Waals surface area contributed by atoms with E-state index in [0.29, 0.717) is 22.5 Å². The molecule has 31 heavy (non-hydrogen) atoms. The third-order valence-corrected chi connectivity index (χ3v) is 5.73. The smallest absolute Gasteiger partial charge is 0.230 e. The molecule has 0 atom stereocenters. The lowest BCUT2D eigenvalue weighted by atomic mass is 10.2. The van der Waals surface area contributed by atoms with E-state index in [1.807, 2.05) is 78.2 Å². The van der Waals surface area contributed by atoms with Crippen LogP contribution in [0.2, 0.25) is 5.02 Å². The van der Waals surface area contributed by atoms with Gasteiger partial charge in [0.1, 0.15) is 0 Å². The van der Waals surface area contributed by atoms with Crippen LogP contribution in [-0.4, -0.2) is 31.4 Å². The first-order chi connectivity index (χ1) is 15.1. The Bertz CT molecular complexity index is 1160. The van der Waals surface area contributed by atoms with Crippen LogP contribution in [0.3, 0.4) is 0 Å². The zero-order valence-electron chi connectivity index (χ0n) is 16.8. The SMILES string of the molecule is Cc1ccc(-n2c(SCC(=O)NCc3ccccn3)nnc2-c2ccc(Cl)cc2)cc1. The van der Waals surface area contributed by atoms with E-state index in [1.54, 1.807) is 6.20 Å². The van der Waals surface area contributed by atoms with Crippen molar-refractivity contribution in [1.82, 2.24) is 25.1 Å². The second-order valence-corrected chi connectivity index (χ2v) is 8.25. The molecule has 0 radical (unpaired) electrons. The highest BCUT2D eigenvalue weighted by Crippen LogP contribution is 2.28. The second-order valence-electron chi connectivity index (χ2n) is 6.87. The van der Waals surface area contributed by atoms with Gasteiger partial charge in [-0.05, 0) is 55.5 Å². The predicted octanol–water partition coefficient (Wildman–Crippen LogP) is 4.70. The maximum atomic E-state index is 12.4. The summed E-state index contributed by atoms with van der Waals surface area (Å²) in [4.78, 5) is 16.6. The van der Waals surface area contributed by atoms with E-state index < -0.39 is 0 Å². The molecule has 4 aromatic rings. The lowest BCUT2D eigenvalue weighted by Crippen LogP contribution is -2.25. The Labute approximate surface area is 189 Å². The number of nitrogens with zero attached hydrogens (tertiary/aromatic N) is 4. The average molecular weight is 450 g/mol. The fourth-order valence-electron chi connectivity index (χ4n) is 2.95. The molecular formula is C23H20ClN5OS. The van der Waals surface area contributed by atoms with Crippen molar-refractivity contribution in [3.8, 4) is 17.1 Å². The van der Waals surface area contributed by atoms with E-state index in [1.165, 1.54) is 11.8 Å². The monoisotopic (exact) mass is 449 g/mol. The molecule has 1 amide bonds. The number of carbonyl (C=O) groups is 1. The van der Waals surface area contributed by atoms with Crippen LogP contribution in [0.5, 0.6) is 0 Å². The number of hydrogen-bond donors (Lipinski definition) is 1. The van der Waals surface area contributed by atoms with E-state index in [4.69, 9.17) is 11.6 Å². The Hall–Kier alpha value is -3.16. The van der Waals surface area contributed by atoms with Gasteiger partial charge in [0.25, 0.3) is 0 Å². The van der Waals surface area contributed by atoms with Crippen LogP contribution in [0.1, 0.15) is 11.3 Å². The standard InChI is InChI=1S/C23H20ClN5OS/c1-16-5-11-20(12-6-16)29-22(17-7-9-18(24)10-8-17)27-28-23(29)31-15-21(30)26-14-19-4-2-3-13-25-19/h2-13H,14-15H2,1H3,(H,26,30). The molecule has 2 heterocycles. The molecule has 6 nitrogen and oxygen atoms in total. The van der Waals surface area contributed by atoms with Gasteiger partial charge in [0, 0.05) is 22.5 Å². The summed E-state index contributed by atoms with van der Waals surface area (Å²) in [7, 11) is 0. The van der Waals surface area contributed by atoms with Gasteiger partial charge in [0.05, 0.1) is 18.0 Å². The van der Waals surface area contributed by atoms with E-state index in [-0.39, 0.29) is 11.7 Å². The molecule has 0 unspecified atom stereocenters. The van der Waals surface area contributed by atoms with Crippen molar-refractivity contribution < 1.29 is 4.79 Å². The zero-order chi connectivity index (χ0) is 21.6. The molecule has 0 saturated carbocycles. The summed E-state index contributed by atoms with van der Waals surface area (Å²) in [6.07, 6.45) is 1.71. The van der Waals surface area contributed by atoms with E-state index in [0.717, 1.165) is 22.5 Å². The van der Waals surface area contributed by atoms with Crippen molar-refractivity contribution in [2.24, 2.45) is 0 Å². The number of hydrogen-bond acceptors (Lipinski definition) is 5. The van der Waals surface area contributed by atoms with Crippen LogP contribution in [0.15, 0.2) is 78.1 Å². The van der Waals surface area contributed by atoms with Crippen LogP contribution in [0, 0.1) is 6.92 Å². The van der Waals surface area contributed by atoms with Crippen LogP contribution in [0.4, 0.5) is 0 Å². The van der Waals surface area contributed by atoms with Gasteiger partial charge in [-0.15, -0.1) is 10.2 Å². The van der Waals surface area contributed by atoms with E-state index in [2.05, 4.69) is 20.5 Å². The Balaban J connectivity index is 1.55. The minimum Gasteiger partial charge on any atom is -0.350 e. The molecule has 0 spiro atoms. The van der Waals surface area contributed by atoms with Crippen LogP contribution >= 0.6 is 23.4 Å². The zero-order valence-corrected chi connectivity index (χ0v) is 18.4. The number of thioether (sulfide) groups is 1. The van der Waals surface area contributed by atoms with Gasteiger partial charge in [0.2, 0.25) is 5.91 Å². The van der Waals surface area contributed by atoms with Crippen LogP contribution in [-0.2, 0) is 11.3 Å². The Morgan fingerprint density at radius 1 is 1.03 bits per heavy atom. The number of rotatable bonds is 7. The molecule has 0 fully saturated rings. The average Bonchev–Trinajstić information content (AvgIpc) is 3.22. The number of aryl methyl sites for hydroxylation is 1. The summed E-state index contributed by atoms with van der Waals surface area (Å²) in [6, 6.07) is 21.2. The highest BCUT2D eigenvalue weighted by molar-refractivity contribution is 7.99. The number of carbonyl (C=O) groups excluding carboxylic acids is 1. The first-order valence-corrected chi connectivity index (χ1v) is 11.0. The first kappa shape index (κ1) is 21.1. The van der Waals surface area contributed by atoms with Crippen molar-refractivity contribution in [1.29, 1.82) is 0 Å². The molecule has 0 aliphatic heterocycles. The summed E-state index contributed by atoms with van der Waals surface area (Å²) in [6.45, 7) is 2.43. The summed E-state index contributed by atoms with van der Waals surface area (Å²) in [5.41, 5.74) is 3.79. The molecule has 1 N–H and O–H groups in total. The van der Waals surface area contributed by atoms with Crippen molar-refractivity contribution in [2.45, 2.75) is 18.6 Å². The minimum atomic E-state index is -0.0952. The van der Waals surface area contributed by atoms with Gasteiger partial charge in [-0.2, -0.15) is 0 Å². The van der Waals surface area contributed by atoms with E-state index >= 15 is 0 Å². The maximum absolute atomic E-state index is 12.4. The number of halogens is 1. The predicted molar refractivity (Wildman–Crippen MR) is 123 cm³/mol. The first-order valence-electron chi connectivity index (χ1n) is 9.68. The number of aromatic nitrogens is 4. The Morgan fingerprint density at radius 2 is 1.81 bits per heavy atom. The summed E-state index contributed by atoms with van der Waals surface area (Å²) in [5.74, 6) is 0.816. The lowest BCUT2D eigenvalue weighted by molar-refractivity contribution is -0.118. The molecule has 156 valence electrons. The van der Waals surface area contributed by atoms with Gasteiger partial charge in [-0.3, -0.25) is 14.3 Å². The van der Waals surface area contributed by atoms with Gasteiger partial charge >= 0.3 is 0 Å². The molecule has 4 rings (SSSR count). The number of nitrogens with one attached hydrogen (secondary N) is 1. The Morgan fingerprint density at radius 3 is 2.52 bits per heavy atom. The van der Waals surface area contributed by atoms with Crippen LogP contribution < -0.4 is 5.32 Å². The summed E-state index contributed by atoms with van der Waals surface area (Å²) >= 11 is 7.38. The molecule has 2 aromatic carbocycles. The van der Waals surface area contributed by atoms with Gasteiger partial charge < -0.3 is 5.32 Å². The van der Waals surface area contributed by atoms with Crippen LogP contribution in [0.25, 0.3) is 17.1 Å². The third-order valence-electron chi connectivity index (χ3n) is 4.55. The molecule has 0 aliphatic rings. The second kappa shape index (κ2) is 9.76. The molecule has 0 saturated heterocycles. The van der Waals surface area contributed by atoms with Crippen molar-refractivity contribution in [2.75, 3.05) is 5.75 Å². The molecular weight excluding hydrogens is 430 g/mol. The third kappa shape index (κ3) is 5.31. The van der Waals surface area contributed by atoms with Gasteiger partial charge in [-0.1, -0.05) is 47.1 Å². The van der Waals surface area contributed by atoms with Crippen molar-refractivity contribution >= 4 is 29.3 Å². The molecule has 0 aliphatic carbocycles. The van der Waals surface area contributed by atoms with Gasteiger partial charge in [-0.25, -0.2) is 0 Å². The summed E-state index contributed by atoms with van der Waals surface area (Å²) in [5, 5.41) is 12.9. The molecule has 8 heteroatoms. The maximum Gasteiger partial charge on any atom is 0.230 e. The normalized spacial score (nSPS) is 10.8. The highest BCUT2D eigenvalue weighted by atomic mass is 35.5. The fourth-order valence-corrected chi connectivity index (χ4v) is 3.86. The topological polar surface area (TPSA) is 72.7 Å². The fraction of sp³-hybridized carbons (Fsp3) is 0.130. The minimum absolute atomic E-state index is 0.0952. The van der Waals surface area contributed by atoms with Gasteiger partial charge in [0.15, 0.2) is 11.0 Å². The van der Waals surface area contributed by atoms with Crippen molar-refractivity contribution in [3.05, 3.63) is 89.2 Å². The largest absolute Gasteiger partial charge is 0.350 e. The lowest BCUT2D eigenvalue weighted by Gasteiger charge is -2.11. The molecule has 0 bridgehead atoms. The number of benzene rings is 2. The number of amides is 1. The van der Waals surface area contributed by atoms with E-state index in [9.17, 15) is 4.79 Å². The van der Waals surface area contributed by atoms with Crippen molar-refractivity contribution in [3.63, 3.8) is 0 Å². The number of pyridine rings is 1. The molecule has 2 aromatic heterocycles. The Kier molecular flexibility index (Phi) is 6.64.